The average molecular weight is 258 g/mol. The monoisotopic (exact) mass is 258 g/mol. The summed E-state index contributed by atoms with van der Waals surface area (Å²) >= 11 is 0. The van der Waals surface area contributed by atoms with E-state index in [-0.39, 0.29) is 0 Å². The van der Waals surface area contributed by atoms with Gasteiger partial charge in [0.2, 0.25) is 0 Å². The van der Waals surface area contributed by atoms with Crippen molar-refractivity contribution in [2.24, 2.45) is 11.8 Å². The molecule has 17 heavy (non-hydrogen) atoms. The lowest BCUT2D eigenvalue weighted by Gasteiger charge is -2.26. The molecule has 0 aliphatic heterocycles. The lowest BCUT2D eigenvalue weighted by atomic mass is 9.81. The fourth-order valence-corrected chi connectivity index (χ4v) is 4.52. The highest BCUT2D eigenvalue weighted by Crippen LogP contribution is 2.31. The van der Waals surface area contributed by atoms with E-state index in [0.29, 0.717) is 0 Å². The summed E-state index contributed by atoms with van der Waals surface area (Å²) in [5.74, 6) is 1.96. The van der Waals surface area contributed by atoms with Crippen molar-refractivity contribution in [3.63, 3.8) is 0 Å². The van der Waals surface area contributed by atoms with Crippen molar-refractivity contribution < 1.29 is 8.85 Å². The van der Waals surface area contributed by atoms with Crippen molar-refractivity contribution in [3.8, 4) is 0 Å². The Bertz CT molecular complexity index is 173. The smallest absolute Gasteiger partial charge is 0.321 e. The predicted octanol–water partition coefficient (Wildman–Crippen LogP) is 3.89. The second-order valence-corrected chi connectivity index (χ2v) is 7.50. The zero-order chi connectivity index (χ0) is 12.5. The van der Waals surface area contributed by atoms with E-state index >= 15 is 0 Å². The van der Waals surface area contributed by atoms with Gasteiger partial charge in [-0.2, -0.15) is 0 Å². The minimum atomic E-state index is -1.32. The van der Waals surface area contributed by atoms with Gasteiger partial charge in [-0.15, -0.1) is 0 Å². The van der Waals surface area contributed by atoms with Crippen molar-refractivity contribution in [1.29, 1.82) is 0 Å². The summed E-state index contributed by atoms with van der Waals surface area (Å²) < 4.78 is 11.4. The maximum Gasteiger partial charge on any atom is 0.321 e. The first-order valence-electron chi connectivity index (χ1n) is 7.49. The van der Waals surface area contributed by atoms with E-state index in [4.69, 9.17) is 8.85 Å². The third-order valence-electron chi connectivity index (χ3n) is 3.89. The molecule has 0 heterocycles. The maximum absolute atomic E-state index is 5.71. The van der Waals surface area contributed by atoms with E-state index in [1.165, 1.54) is 44.6 Å². The Morgan fingerprint density at radius 3 is 2.12 bits per heavy atom. The summed E-state index contributed by atoms with van der Waals surface area (Å²) in [6.45, 7) is 8.17. The van der Waals surface area contributed by atoms with Crippen LogP contribution < -0.4 is 0 Å². The van der Waals surface area contributed by atoms with Crippen LogP contribution >= 0.6 is 0 Å². The second-order valence-electron chi connectivity index (χ2n) is 5.40. The lowest BCUT2D eigenvalue weighted by Crippen LogP contribution is -2.23. The molecule has 102 valence electrons. The minimum Gasteiger partial charge on any atom is -0.397 e. The largest absolute Gasteiger partial charge is 0.397 e. The maximum atomic E-state index is 5.71. The Morgan fingerprint density at radius 2 is 1.59 bits per heavy atom. The van der Waals surface area contributed by atoms with Gasteiger partial charge in [-0.05, 0) is 31.7 Å². The van der Waals surface area contributed by atoms with Crippen molar-refractivity contribution in [2.45, 2.75) is 65.3 Å². The molecule has 3 heteroatoms. The molecule has 0 atom stereocenters. The zero-order valence-electron chi connectivity index (χ0n) is 11.9. The number of hydrogen-bond acceptors (Lipinski definition) is 2. The summed E-state index contributed by atoms with van der Waals surface area (Å²) in [5, 5.41) is 0. The molecule has 0 amide bonds. The SMILES string of the molecule is CCO[SiH](CCCC1CCC(C)CC1)OCC. The predicted molar refractivity (Wildman–Crippen MR) is 75.6 cm³/mol. The Kier molecular flexibility index (Phi) is 8.15. The summed E-state index contributed by atoms with van der Waals surface area (Å²) in [6.07, 6.45) is 8.52. The van der Waals surface area contributed by atoms with E-state index in [9.17, 15) is 0 Å². The topological polar surface area (TPSA) is 18.5 Å². The van der Waals surface area contributed by atoms with Crippen LogP contribution in [-0.2, 0) is 8.85 Å². The van der Waals surface area contributed by atoms with Crippen molar-refractivity contribution >= 4 is 9.28 Å². The van der Waals surface area contributed by atoms with Crippen LogP contribution in [0.5, 0.6) is 0 Å². The summed E-state index contributed by atoms with van der Waals surface area (Å²) in [6, 6.07) is 1.20. The molecule has 0 aromatic carbocycles. The van der Waals surface area contributed by atoms with Gasteiger partial charge in [0, 0.05) is 13.2 Å². The molecule has 0 aromatic heterocycles. The lowest BCUT2D eigenvalue weighted by molar-refractivity contribution is 0.210. The molecule has 0 unspecified atom stereocenters. The van der Waals surface area contributed by atoms with Crippen LogP contribution in [0.1, 0.15) is 59.3 Å². The van der Waals surface area contributed by atoms with Crippen LogP contribution in [0, 0.1) is 11.8 Å². The molecule has 0 saturated heterocycles. The highest BCUT2D eigenvalue weighted by molar-refractivity contribution is 6.44. The zero-order valence-corrected chi connectivity index (χ0v) is 13.1. The quantitative estimate of drug-likeness (QED) is 0.615. The van der Waals surface area contributed by atoms with Crippen molar-refractivity contribution in [2.75, 3.05) is 13.2 Å². The molecule has 0 spiro atoms. The third-order valence-corrected chi connectivity index (χ3v) is 6.18. The third kappa shape index (κ3) is 6.58. The molecular weight excluding hydrogens is 228 g/mol. The number of rotatable bonds is 8. The molecule has 1 aliphatic carbocycles. The highest BCUT2D eigenvalue weighted by atomic mass is 28.3. The van der Waals surface area contributed by atoms with Gasteiger partial charge in [0.05, 0.1) is 0 Å². The first-order chi connectivity index (χ1) is 8.26. The normalized spacial score (nSPS) is 25.4. The van der Waals surface area contributed by atoms with Crippen LogP contribution in [0.15, 0.2) is 0 Å². The van der Waals surface area contributed by atoms with Crippen LogP contribution in [0.25, 0.3) is 0 Å². The van der Waals surface area contributed by atoms with Crippen molar-refractivity contribution in [3.05, 3.63) is 0 Å². The van der Waals surface area contributed by atoms with Crippen molar-refractivity contribution in [1.82, 2.24) is 0 Å². The van der Waals surface area contributed by atoms with Gasteiger partial charge >= 0.3 is 9.28 Å². The van der Waals surface area contributed by atoms with Crippen LogP contribution in [-0.4, -0.2) is 22.5 Å². The fraction of sp³-hybridized carbons (Fsp3) is 1.00. The van der Waals surface area contributed by atoms with Gasteiger partial charge in [0.1, 0.15) is 0 Å². The summed E-state index contributed by atoms with van der Waals surface area (Å²) in [7, 11) is -1.32. The van der Waals surface area contributed by atoms with E-state index in [2.05, 4.69) is 20.8 Å². The number of hydrogen-bond donors (Lipinski definition) is 0. The molecule has 0 radical (unpaired) electrons. The van der Waals surface area contributed by atoms with Gasteiger partial charge in [-0.25, -0.2) is 0 Å². The minimum absolute atomic E-state index is 0.817. The van der Waals surface area contributed by atoms with Gasteiger partial charge < -0.3 is 8.85 Å². The molecule has 1 fully saturated rings. The molecule has 0 aromatic rings. The molecular formula is C14H30O2Si. The fourth-order valence-electron chi connectivity index (χ4n) is 2.78. The van der Waals surface area contributed by atoms with Gasteiger partial charge in [0.25, 0.3) is 0 Å². The van der Waals surface area contributed by atoms with Gasteiger partial charge in [0.15, 0.2) is 0 Å². The molecule has 1 aliphatic rings. The molecule has 1 saturated carbocycles. The van der Waals surface area contributed by atoms with Crippen LogP contribution in [0.3, 0.4) is 0 Å². The Hall–Kier alpha value is 0.137. The summed E-state index contributed by atoms with van der Waals surface area (Å²) in [4.78, 5) is 0. The van der Waals surface area contributed by atoms with Crippen LogP contribution in [0.2, 0.25) is 6.04 Å². The van der Waals surface area contributed by atoms with Gasteiger partial charge in [-0.1, -0.05) is 45.4 Å². The Morgan fingerprint density at radius 1 is 1.00 bits per heavy atom. The Labute approximate surface area is 109 Å². The van der Waals surface area contributed by atoms with Gasteiger partial charge in [-0.3, -0.25) is 0 Å². The van der Waals surface area contributed by atoms with E-state index in [1.54, 1.807) is 0 Å². The van der Waals surface area contributed by atoms with E-state index in [0.717, 1.165) is 25.0 Å². The standard InChI is InChI=1S/C14H30O2Si/c1-4-15-17(16-5-2)12-6-7-14-10-8-13(3)9-11-14/h13-14,17H,4-12H2,1-3H3. The summed E-state index contributed by atoms with van der Waals surface area (Å²) in [5.41, 5.74) is 0. The molecule has 2 nitrogen and oxygen atoms in total. The second kappa shape index (κ2) is 9.12. The Balaban J connectivity index is 2.08. The van der Waals surface area contributed by atoms with Crippen LogP contribution in [0.4, 0.5) is 0 Å². The molecule has 0 N–H and O–H groups in total. The average Bonchev–Trinajstić information content (AvgIpc) is 2.32. The van der Waals surface area contributed by atoms with E-state index < -0.39 is 9.28 Å². The highest BCUT2D eigenvalue weighted by Gasteiger charge is 2.19. The molecule has 1 rings (SSSR count). The molecule has 0 bridgehead atoms. The first-order valence-corrected chi connectivity index (χ1v) is 9.25. The first kappa shape index (κ1) is 15.2. The van der Waals surface area contributed by atoms with E-state index in [1.807, 2.05) is 0 Å².